The Morgan fingerprint density at radius 1 is 1.15 bits per heavy atom. The van der Waals surface area contributed by atoms with E-state index in [2.05, 4.69) is 40.8 Å². The van der Waals surface area contributed by atoms with E-state index in [9.17, 15) is 8.42 Å². The van der Waals surface area contributed by atoms with Crippen molar-refractivity contribution in [3.63, 3.8) is 0 Å². The van der Waals surface area contributed by atoms with Crippen LogP contribution in [-0.2, 0) is 23.0 Å². The molecule has 0 radical (unpaired) electrons. The monoisotopic (exact) mass is 388 g/mol. The number of fused-ring (bicyclic) bond motifs is 1. The summed E-state index contributed by atoms with van der Waals surface area (Å²) >= 11 is 0. The first kappa shape index (κ1) is 19.9. The van der Waals surface area contributed by atoms with Crippen molar-refractivity contribution in [3.05, 3.63) is 58.7 Å². The van der Waals surface area contributed by atoms with Gasteiger partial charge in [0.25, 0.3) is 0 Å². The second-order valence-corrected chi connectivity index (χ2v) is 9.05. The third-order valence-electron chi connectivity index (χ3n) is 5.30. The third-order valence-corrected chi connectivity index (χ3v) is 6.70. The number of sulfonamides is 1. The topological polar surface area (TPSA) is 58.6 Å². The van der Waals surface area contributed by atoms with Gasteiger partial charge in [0.05, 0.1) is 12.0 Å². The highest BCUT2D eigenvalue weighted by atomic mass is 32.2. The van der Waals surface area contributed by atoms with Crippen molar-refractivity contribution in [3.8, 4) is 5.75 Å². The van der Waals surface area contributed by atoms with Gasteiger partial charge in [-0.2, -0.15) is 0 Å². The van der Waals surface area contributed by atoms with Gasteiger partial charge in [-0.1, -0.05) is 24.3 Å². The second-order valence-electron chi connectivity index (χ2n) is 7.28. The fourth-order valence-corrected chi connectivity index (χ4v) is 5.02. The molecule has 2 aromatic carbocycles. The van der Waals surface area contributed by atoms with Crippen LogP contribution in [0.15, 0.2) is 41.3 Å². The molecule has 0 fully saturated rings. The van der Waals surface area contributed by atoms with Crippen molar-refractivity contribution >= 4 is 10.0 Å². The molecule has 0 spiro atoms. The van der Waals surface area contributed by atoms with Gasteiger partial charge in [0.15, 0.2) is 0 Å². The van der Waals surface area contributed by atoms with Crippen molar-refractivity contribution in [2.24, 2.45) is 0 Å². The second kappa shape index (κ2) is 8.00. The Kier molecular flexibility index (Phi) is 5.89. The lowest BCUT2D eigenvalue weighted by Crippen LogP contribution is -2.44. The fourth-order valence-electron chi connectivity index (χ4n) is 3.72. The molecule has 146 valence electrons. The summed E-state index contributed by atoms with van der Waals surface area (Å²) in [7, 11) is -1.96. The predicted molar refractivity (Wildman–Crippen MR) is 108 cm³/mol. The lowest BCUT2D eigenvalue weighted by molar-refractivity contribution is 0.192. The van der Waals surface area contributed by atoms with Crippen molar-refractivity contribution in [1.29, 1.82) is 0 Å². The van der Waals surface area contributed by atoms with Crippen LogP contribution in [0.2, 0.25) is 0 Å². The number of methoxy groups -OCH3 is 1. The highest BCUT2D eigenvalue weighted by Crippen LogP contribution is 2.26. The fraction of sp³-hybridized carbons (Fsp3) is 0.429. The van der Waals surface area contributed by atoms with Crippen molar-refractivity contribution < 1.29 is 13.2 Å². The predicted octanol–water partition coefficient (Wildman–Crippen LogP) is 3.04. The normalized spacial score (nSPS) is 16.0. The van der Waals surface area contributed by atoms with E-state index in [1.54, 1.807) is 19.2 Å². The van der Waals surface area contributed by atoms with Gasteiger partial charge in [-0.05, 0) is 61.6 Å². The number of benzene rings is 2. The summed E-state index contributed by atoms with van der Waals surface area (Å²) in [6, 6.07) is 11.9. The standard InChI is InChI=1S/C21H28N2O3S/c1-15-11-20(12-16(2)21(15)26-4)27(24,25)22-13-17(3)23-10-9-18-7-5-6-8-19(18)14-23/h5-8,11-12,17,22H,9-10,13-14H2,1-4H3. The van der Waals surface area contributed by atoms with E-state index in [0.717, 1.165) is 36.4 Å². The Balaban J connectivity index is 1.67. The Hall–Kier alpha value is -1.89. The highest BCUT2D eigenvalue weighted by Gasteiger charge is 2.23. The summed E-state index contributed by atoms with van der Waals surface area (Å²) in [5.74, 6) is 0.731. The molecule has 0 aromatic heterocycles. The van der Waals surface area contributed by atoms with Gasteiger partial charge >= 0.3 is 0 Å². The molecule has 1 aliphatic heterocycles. The summed E-state index contributed by atoms with van der Waals surface area (Å²) in [5, 5.41) is 0. The molecule has 1 aliphatic rings. The largest absolute Gasteiger partial charge is 0.496 e. The number of hydrogen-bond acceptors (Lipinski definition) is 4. The van der Waals surface area contributed by atoms with E-state index in [1.165, 1.54) is 11.1 Å². The summed E-state index contributed by atoms with van der Waals surface area (Å²) in [6.07, 6.45) is 1.00. The maximum atomic E-state index is 12.8. The molecule has 0 bridgehead atoms. The Morgan fingerprint density at radius 3 is 2.41 bits per heavy atom. The Morgan fingerprint density at radius 2 is 1.78 bits per heavy atom. The van der Waals surface area contributed by atoms with Crippen LogP contribution in [0.3, 0.4) is 0 Å². The van der Waals surface area contributed by atoms with E-state index in [-0.39, 0.29) is 10.9 Å². The minimum Gasteiger partial charge on any atom is -0.496 e. The molecule has 0 amide bonds. The molecule has 6 heteroatoms. The van der Waals surface area contributed by atoms with Crippen LogP contribution in [0.4, 0.5) is 0 Å². The number of nitrogens with zero attached hydrogens (tertiary/aromatic N) is 1. The molecular weight excluding hydrogens is 360 g/mol. The van der Waals surface area contributed by atoms with Crippen LogP contribution in [0, 0.1) is 13.8 Å². The van der Waals surface area contributed by atoms with Crippen LogP contribution in [0.1, 0.15) is 29.2 Å². The Labute approximate surface area is 162 Å². The number of hydrogen-bond donors (Lipinski definition) is 1. The van der Waals surface area contributed by atoms with Crippen molar-refractivity contribution in [2.45, 2.75) is 44.7 Å². The molecular formula is C21H28N2O3S. The average Bonchev–Trinajstić information content (AvgIpc) is 2.65. The van der Waals surface area contributed by atoms with Gasteiger partial charge in [-0.25, -0.2) is 13.1 Å². The van der Waals surface area contributed by atoms with E-state index in [0.29, 0.717) is 6.54 Å². The molecule has 0 saturated carbocycles. The van der Waals surface area contributed by atoms with Crippen molar-refractivity contribution in [2.75, 3.05) is 20.2 Å². The van der Waals surface area contributed by atoms with Crippen LogP contribution < -0.4 is 9.46 Å². The van der Waals surface area contributed by atoms with Gasteiger partial charge in [0, 0.05) is 25.7 Å². The van der Waals surface area contributed by atoms with Gasteiger partial charge in [-0.3, -0.25) is 4.90 Å². The number of aryl methyl sites for hydroxylation is 2. The van der Waals surface area contributed by atoms with Crippen molar-refractivity contribution in [1.82, 2.24) is 9.62 Å². The van der Waals surface area contributed by atoms with Crippen LogP contribution in [0.5, 0.6) is 5.75 Å². The van der Waals surface area contributed by atoms with E-state index >= 15 is 0 Å². The molecule has 27 heavy (non-hydrogen) atoms. The zero-order valence-corrected chi connectivity index (χ0v) is 17.3. The molecule has 0 aliphatic carbocycles. The zero-order valence-electron chi connectivity index (χ0n) is 16.5. The van der Waals surface area contributed by atoms with Crippen LogP contribution in [0.25, 0.3) is 0 Å². The summed E-state index contributed by atoms with van der Waals surface area (Å²) < 4.78 is 33.6. The van der Waals surface area contributed by atoms with E-state index in [4.69, 9.17) is 4.74 Å². The molecule has 1 N–H and O–H groups in total. The molecule has 3 rings (SSSR count). The molecule has 0 saturated heterocycles. The lowest BCUT2D eigenvalue weighted by atomic mass is 9.99. The number of ether oxygens (including phenoxy) is 1. The first-order valence-electron chi connectivity index (χ1n) is 9.27. The third kappa shape index (κ3) is 4.34. The summed E-state index contributed by atoms with van der Waals surface area (Å²) in [6.45, 7) is 7.98. The highest BCUT2D eigenvalue weighted by molar-refractivity contribution is 7.89. The first-order chi connectivity index (χ1) is 12.8. The maximum Gasteiger partial charge on any atom is 0.240 e. The first-order valence-corrected chi connectivity index (χ1v) is 10.8. The van der Waals surface area contributed by atoms with Crippen LogP contribution >= 0.6 is 0 Å². The minimum absolute atomic E-state index is 0.119. The number of rotatable bonds is 6. The molecule has 2 aromatic rings. The van der Waals surface area contributed by atoms with Crippen LogP contribution in [-0.4, -0.2) is 39.6 Å². The van der Waals surface area contributed by atoms with Gasteiger partial charge in [0.1, 0.15) is 5.75 Å². The van der Waals surface area contributed by atoms with E-state index in [1.807, 2.05) is 13.8 Å². The minimum atomic E-state index is -3.56. The van der Waals surface area contributed by atoms with Gasteiger partial charge in [-0.15, -0.1) is 0 Å². The molecule has 1 atom stereocenters. The number of nitrogens with one attached hydrogen (secondary N) is 1. The maximum absolute atomic E-state index is 12.8. The van der Waals surface area contributed by atoms with E-state index < -0.39 is 10.0 Å². The van der Waals surface area contributed by atoms with Gasteiger partial charge < -0.3 is 4.74 Å². The average molecular weight is 389 g/mol. The Bertz CT molecular complexity index is 902. The zero-order chi connectivity index (χ0) is 19.6. The lowest BCUT2D eigenvalue weighted by Gasteiger charge is -2.33. The smallest absolute Gasteiger partial charge is 0.240 e. The summed E-state index contributed by atoms with van der Waals surface area (Å²) in [5.41, 5.74) is 4.36. The molecule has 5 nitrogen and oxygen atoms in total. The SMILES string of the molecule is COc1c(C)cc(S(=O)(=O)NCC(C)N2CCc3ccccc3C2)cc1C. The molecule has 1 heterocycles. The quantitative estimate of drug-likeness (QED) is 0.826. The summed E-state index contributed by atoms with van der Waals surface area (Å²) in [4.78, 5) is 2.62. The van der Waals surface area contributed by atoms with Gasteiger partial charge in [0.2, 0.25) is 10.0 Å². The molecule has 1 unspecified atom stereocenters.